The Bertz CT molecular complexity index is 5570. The van der Waals surface area contributed by atoms with Crippen molar-refractivity contribution in [2.24, 2.45) is 0 Å². The van der Waals surface area contributed by atoms with E-state index in [4.69, 9.17) is 33.4 Å². The number of nitrogens with one attached hydrogen (secondary N) is 8. The molecular formula is C91H84BrCl2I6N11O9. The number of para-hydroxylation sites is 2. The van der Waals surface area contributed by atoms with E-state index >= 15 is 0 Å². The highest BCUT2D eigenvalue weighted by atomic mass is 127. The van der Waals surface area contributed by atoms with E-state index in [2.05, 4.69) is 218 Å². The lowest BCUT2D eigenvalue weighted by atomic mass is 10.1. The van der Waals surface area contributed by atoms with Crippen LogP contribution >= 0.6 is 175 Å². The lowest BCUT2D eigenvalue weighted by Crippen LogP contribution is -2.27. The van der Waals surface area contributed by atoms with Crippen LogP contribution in [-0.2, 0) is 0 Å². The zero-order chi connectivity index (χ0) is 86.9. The first kappa shape index (κ1) is 95.6. The molecule has 0 bridgehead atoms. The van der Waals surface area contributed by atoms with Crippen LogP contribution in [0.2, 0.25) is 10.0 Å². The van der Waals surface area contributed by atoms with Gasteiger partial charge in [-0.25, -0.2) is 0 Å². The van der Waals surface area contributed by atoms with Crippen molar-refractivity contribution in [1.82, 2.24) is 16.0 Å². The Morgan fingerprint density at radius 2 is 0.683 bits per heavy atom. The van der Waals surface area contributed by atoms with Crippen molar-refractivity contribution >= 4 is 278 Å². The van der Waals surface area contributed by atoms with E-state index in [0.29, 0.717) is 49.7 Å². The summed E-state index contributed by atoms with van der Waals surface area (Å²) in [4.78, 5) is 76.9. The monoisotopic (exact) mass is 2380 g/mol. The molecule has 0 heterocycles. The Hall–Kier alpha value is -8.25. The van der Waals surface area contributed by atoms with Crippen molar-refractivity contribution in [3.8, 4) is 0 Å². The maximum absolute atomic E-state index is 13.1. The van der Waals surface area contributed by atoms with Crippen molar-refractivity contribution < 1.29 is 39.1 Å². The Morgan fingerprint density at radius 3 is 1.02 bits per heavy atom. The van der Waals surface area contributed by atoms with Gasteiger partial charge >= 0.3 is 0 Å². The molecule has 1 fully saturated rings. The number of aliphatic hydroxyl groups excluding tert-OH is 2. The van der Waals surface area contributed by atoms with Gasteiger partial charge < -0.3 is 62.5 Å². The standard InChI is InChI=1S/C21H18ClIN2O.C21H18IN3O3.C17H16ClIN2O.C16H16BrIN2O2.C16H16I2N2O2/c1-14-12-16(23)9-11-19(14)24-20-10-8-15(22)13-18(20)21(26)25(2)17-6-4-3-5-7-17;1-14-12-15(22)8-10-19(14)23-20-11-9-17(25(27)28)13-18(20)21(26)24(2)16-6-4-3-5-7-16;1-10-8-12(19)3-7-15(10)21-16-6-2-11(18)9-14(16)17(22)20-13-4-5-13;1-10-8-12(18)3-5-14(10)20-15-4-2-11(17)9-13(15)16(22)19-6-7-21;1-10-8-11(17)2-4-14(10)20-15-5-3-12(18)9-13(15)16(22)19-6-7-21/h3-13,24H,1-2H3;3-13,23H,1-2H3;2-3,6-9,13,21H,4-5H2,1H3,(H,20,22);2*2-5,8-9,20-21H,6-7H2,1H3,(H,19,22). The molecule has 20 nitrogen and oxygen atoms in total. The summed E-state index contributed by atoms with van der Waals surface area (Å²) < 4.78 is 7.60. The quantitative estimate of drug-likeness (QED) is 0.0162. The van der Waals surface area contributed by atoms with Gasteiger partial charge in [-0.1, -0.05) is 75.5 Å². The van der Waals surface area contributed by atoms with Crippen LogP contribution in [0.15, 0.2) is 247 Å². The van der Waals surface area contributed by atoms with E-state index in [-0.39, 0.29) is 67.1 Å². The number of carbonyl (C=O) groups is 5. The van der Waals surface area contributed by atoms with E-state index in [1.54, 1.807) is 55.4 Å². The van der Waals surface area contributed by atoms with Gasteiger partial charge in [0.05, 0.1) is 74.4 Å². The van der Waals surface area contributed by atoms with Gasteiger partial charge in [0.2, 0.25) is 0 Å². The molecule has 0 aliphatic heterocycles. The Morgan fingerprint density at radius 1 is 0.392 bits per heavy atom. The van der Waals surface area contributed by atoms with Gasteiger partial charge in [0.25, 0.3) is 35.2 Å². The highest BCUT2D eigenvalue weighted by Crippen LogP contribution is 2.36. The summed E-state index contributed by atoms with van der Waals surface area (Å²) in [5, 5.41) is 55.0. The fraction of sp³-hybridized carbons (Fsp3) is 0.154. The third-order valence-electron chi connectivity index (χ3n) is 18.2. The summed E-state index contributed by atoms with van der Waals surface area (Å²) >= 11 is 29.1. The van der Waals surface area contributed by atoms with Gasteiger partial charge in [-0.2, -0.15) is 0 Å². The number of rotatable bonds is 23. The number of amides is 5. The molecular weight excluding hydrogens is 2300 g/mol. The number of aryl methyl sites for hydroxylation is 5. The molecule has 5 amide bonds. The second-order valence-corrected chi connectivity index (χ2v) is 36.5. The number of halogens is 9. The molecule has 620 valence electrons. The molecule has 12 aromatic carbocycles. The summed E-state index contributed by atoms with van der Waals surface area (Å²) in [5.74, 6) is -0.945. The van der Waals surface area contributed by atoms with Crippen molar-refractivity contribution in [3.05, 3.63) is 344 Å². The summed E-state index contributed by atoms with van der Waals surface area (Å²) in [6, 6.07) is 75.5. The molecule has 29 heteroatoms. The topological polar surface area (TPSA) is 272 Å². The van der Waals surface area contributed by atoms with Gasteiger partial charge in [-0.05, 0) is 405 Å². The average molecular weight is 2390 g/mol. The molecule has 13 rings (SSSR count). The number of aliphatic hydroxyl groups is 2. The van der Waals surface area contributed by atoms with Crippen LogP contribution < -0.4 is 52.3 Å². The fourth-order valence-corrected chi connectivity index (χ4v) is 16.1. The van der Waals surface area contributed by atoms with Crippen molar-refractivity contribution in [1.29, 1.82) is 0 Å². The number of benzene rings is 12. The average Bonchev–Trinajstić information content (AvgIpc) is 0.909. The maximum atomic E-state index is 13.1. The number of nitrogens with zero attached hydrogens (tertiary/aromatic N) is 3. The first-order valence-electron chi connectivity index (χ1n) is 37.2. The summed E-state index contributed by atoms with van der Waals surface area (Å²) in [6.45, 7) is 10.4. The number of hydrogen-bond acceptors (Lipinski definition) is 14. The molecule has 1 aliphatic rings. The number of nitro groups is 1. The smallest absolute Gasteiger partial charge is 0.270 e. The van der Waals surface area contributed by atoms with Crippen LogP contribution in [0.25, 0.3) is 0 Å². The molecule has 0 spiro atoms. The van der Waals surface area contributed by atoms with Gasteiger partial charge in [0, 0.05) is 121 Å². The minimum absolute atomic E-state index is 0.0735. The molecule has 120 heavy (non-hydrogen) atoms. The van der Waals surface area contributed by atoms with E-state index in [0.717, 1.165) is 113 Å². The molecule has 1 saturated carbocycles. The normalized spacial score (nSPS) is 11.0. The number of carbonyl (C=O) groups excluding carboxylic acids is 5. The van der Waals surface area contributed by atoms with E-state index in [9.17, 15) is 34.1 Å². The molecule has 10 N–H and O–H groups in total. The summed E-state index contributed by atoms with van der Waals surface area (Å²) in [7, 11) is 3.41. The van der Waals surface area contributed by atoms with E-state index < -0.39 is 4.92 Å². The zero-order valence-corrected chi connectivity index (χ0v) is 82.0. The van der Waals surface area contributed by atoms with Crippen molar-refractivity contribution in [2.45, 2.75) is 53.5 Å². The predicted molar refractivity (Wildman–Crippen MR) is 543 cm³/mol. The van der Waals surface area contributed by atoms with Gasteiger partial charge in [0.15, 0.2) is 0 Å². The lowest BCUT2D eigenvalue weighted by molar-refractivity contribution is -0.384. The Balaban J connectivity index is 0.000000171. The van der Waals surface area contributed by atoms with Crippen LogP contribution in [-0.4, -0.2) is 91.1 Å². The molecule has 0 radical (unpaired) electrons. The second-order valence-electron chi connectivity index (χ2n) is 27.3. The van der Waals surface area contributed by atoms with Gasteiger partial charge in [-0.15, -0.1) is 0 Å². The largest absolute Gasteiger partial charge is 0.395 e. The highest BCUT2D eigenvalue weighted by Gasteiger charge is 2.27. The minimum Gasteiger partial charge on any atom is -0.395 e. The zero-order valence-electron chi connectivity index (χ0n) is 65.9. The van der Waals surface area contributed by atoms with E-state index in [1.165, 1.54) is 27.7 Å². The number of non-ortho nitro benzene ring substituents is 1. The molecule has 0 unspecified atom stereocenters. The van der Waals surface area contributed by atoms with Gasteiger partial charge in [-0.3, -0.25) is 34.1 Å². The molecule has 12 aromatic rings. The highest BCUT2D eigenvalue weighted by molar-refractivity contribution is 14.1. The molecule has 1 aliphatic carbocycles. The third kappa shape index (κ3) is 28.7. The minimum atomic E-state index is -0.501. The van der Waals surface area contributed by atoms with Gasteiger partial charge in [0.1, 0.15) is 0 Å². The lowest BCUT2D eigenvalue weighted by Gasteiger charge is -2.20. The van der Waals surface area contributed by atoms with Crippen LogP contribution in [0, 0.1) is 66.2 Å². The summed E-state index contributed by atoms with van der Waals surface area (Å²) in [6.07, 6.45) is 2.12. The molecule has 0 atom stereocenters. The molecule has 0 saturated heterocycles. The van der Waals surface area contributed by atoms with Crippen LogP contribution in [0.5, 0.6) is 0 Å². The first-order valence-corrected chi connectivity index (χ1v) is 45.3. The van der Waals surface area contributed by atoms with Crippen molar-refractivity contribution in [2.75, 3.05) is 76.8 Å². The first-order chi connectivity index (χ1) is 57.4. The Labute approximate surface area is 798 Å². The fourth-order valence-electron chi connectivity index (χ4n) is 11.7. The van der Waals surface area contributed by atoms with Crippen LogP contribution in [0.1, 0.15) is 92.4 Å². The predicted octanol–water partition coefficient (Wildman–Crippen LogP) is 24.2. The van der Waals surface area contributed by atoms with Crippen molar-refractivity contribution in [3.63, 3.8) is 0 Å². The van der Waals surface area contributed by atoms with E-state index in [1.807, 2.05) is 204 Å². The van der Waals surface area contributed by atoms with Crippen LogP contribution in [0.4, 0.5) is 73.9 Å². The van der Waals surface area contributed by atoms with Crippen LogP contribution in [0.3, 0.4) is 0 Å². The SMILES string of the molecule is Cc1cc(I)ccc1Nc1ccc(Br)cc1C(=O)NCCO.Cc1cc(I)ccc1Nc1ccc(Cl)cc1C(=O)N(C)c1ccccc1.Cc1cc(I)ccc1Nc1ccc(Cl)cc1C(=O)NC1CC1.Cc1cc(I)ccc1Nc1ccc(I)cc1C(=O)NCCO.Cc1cc(I)ccc1Nc1ccc([N+](=O)[O-])cc1C(=O)N(C)c1ccccc1. The molecule has 0 aromatic heterocycles. The number of anilines is 12. The summed E-state index contributed by atoms with van der Waals surface area (Å²) in [5.41, 5.74) is 17.5. The maximum Gasteiger partial charge on any atom is 0.270 e. The number of hydrogen-bond donors (Lipinski definition) is 10. The number of nitro benzene ring substituents is 1. The third-order valence-corrected chi connectivity index (χ3v) is 23.2. The Kier molecular flexibility index (Phi) is 37.3. The second kappa shape index (κ2) is 46.8.